The zero-order valence-electron chi connectivity index (χ0n) is 12.8. The first-order valence-corrected chi connectivity index (χ1v) is 6.98. The largest absolute Gasteiger partial charge is 0.368 e. The normalized spacial score (nSPS) is 10.6. The molecular weight excluding hydrogens is 246 g/mol. The third kappa shape index (κ3) is 3.58. The Morgan fingerprint density at radius 3 is 2.60 bits per heavy atom. The highest BCUT2D eigenvalue weighted by Crippen LogP contribution is 2.21. The van der Waals surface area contributed by atoms with E-state index in [1.54, 1.807) is 0 Å². The molecule has 0 spiro atoms. The number of hydrogen-bond acceptors (Lipinski definition) is 3. The zero-order chi connectivity index (χ0) is 14.5. The molecule has 1 N–H and O–H groups in total. The van der Waals surface area contributed by atoms with Crippen molar-refractivity contribution >= 4 is 5.69 Å². The number of hydrogen-bond donors (Lipinski definition) is 1. The van der Waals surface area contributed by atoms with Gasteiger partial charge in [0.25, 0.3) is 0 Å². The summed E-state index contributed by atoms with van der Waals surface area (Å²) < 4.78 is 0. The standard InChI is InChI=1S/C17H23N3/c1-13-10-15(11-18-3)8-9-17(13)20(4)12-16-7-5-6-14(2)19-16/h5-10,18H,11-12H2,1-4H3. The fourth-order valence-corrected chi connectivity index (χ4v) is 2.48. The summed E-state index contributed by atoms with van der Waals surface area (Å²) in [5.41, 5.74) is 6.04. The highest BCUT2D eigenvalue weighted by molar-refractivity contribution is 5.54. The minimum Gasteiger partial charge on any atom is -0.368 e. The number of pyridine rings is 1. The molecule has 1 heterocycles. The van der Waals surface area contributed by atoms with Gasteiger partial charge >= 0.3 is 0 Å². The molecule has 1 aromatic heterocycles. The molecule has 106 valence electrons. The lowest BCUT2D eigenvalue weighted by Crippen LogP contribution is -2.18. The molecule has 0 aliphatic heterocycles. The maximum atomic E-state index is 4.56. The third-order valence-electron chi connectivity index (χ3n) is 3.40. The predicted molar refractivity (Wildman–Crippen MR) is 85.0 cm³/mol. The van der Waals surface area contributed by atoms with Crippen LogP contribution in [0.4, 0.5) is 5.69 Å². The summed E-state index contributed by atoms with van der Waals surface area (Å²) >= 11 is 0. The molecular formula is C17H23N3. The molecule has 0 bridgehead atoms. The molecule has 0 saturated heterocycles. The molecule has 0 unspecified atom stereocenters. The van der Waals surface area contributed by atoms with Crippen LogP contribution in [0.1, 0.15) is 22.5 Å². The summed E-state index contributed by atoms with van der Waals surface area (Å²) in [6.45, 7) is 5.92. The van der Waals surface area contributed by atoms with Crippen molar-refractivity contribution in [3.05, 3.63) is 58.9 Å². The number of aromatic nitrogens is 1. The predicted octanol–water partition coefficient (Wildman–Crippen LogP) is 3.05. The van der Waals surface area contributed by atoms with E-state index in [9.17, 15) is 0 Å². The van der Waals surface area contributed by atoms with Crippen molar-refractivity contribution in [3.63, 3.8) is 0 Å². The van der Waals surface area contributed by atoms with Gasteiger partial charge in [0.15, 0.2) is 0 Å². The number of nitrogens with one attached hydrogen (secondary N) is 1. The first-order valence-electron chi connectivity index (χ1n) is 6.98. The van der Waals surface area contributed by atoms with Crippen molar-refractivity contribution in [2.24, 2.45) is 0 Å². The lowest BCUT2D eigenvalue weighted by molar-refractivity contribution is 0.815. The Hall–Kier alpha value is -1.87. The van der Waals surface area contributed by atoms with Crippen LogP contribution >= 0.6 is 0 Å². The Balaban J connectivity index is 2.14. The zero-order valence-corrected chi connectivity index (χ0v) is 12.8. The Bertz CT molecular complexity index is 578. The smallest absolute Gasteiger partial charge is 0.0600 e. The van der Waals surface area contributed by atoms with Crippen molar-refractivity contribution in [2.45, 2.75) is 26.9 Å². The molecule has 0 aliphatic rings. The van der Waals surface area contributed by atoms with Crippen LogP contribution in [0.2, 0.25) is 0 Å². The van der Waals surface area contributed by atoms with E-state index in [0.29, 0.717) is 0 Å². The molecule has 1 aromatic carbocycles. The van der Waals surface area contributed by atoms with Crippen LogP contribution < -0.4 is 10.2 Å². The minimum atomic E-state index is 0.827. The summed E-state index contributed by atoms with van der Waals surface area (Å²) in [5.74, 6) is 0. The number of nitrogens with zero attached hydrogens (tertiary/aromatic N) is 2. The van der Waals surface area contributed by atoms with Gasteiger partial charge < -0.3 is 10.2 Å². The molecule has 0 saturated carbocycles. The molecule has 0 radical (unpaired) electrons. The van der Waals surface area contributed by atoms with Crippen molar-refractivity contribution in [1.29, 1.82) is 0 Å². The van der Waals surface area contributed by atoms with Gasteiger partial charge in [-0.2, -0.15) is 0 Å². The van der Waals surface area contributed by atoms with E-state index in [0.717, 1.165) is 24.5 Å². The van der Waals surface area contributed by atoms with Gasteiger partial charge in [0.1, 0.15) is 0 Å². The molecule has 0 aliphatic carbocycles. The van der Waals surface area contributed by atoms with Gasteiger partial charge in [-0.05, 0) is 50.2 Å². The van der Waals surface area contributed by atoms with Crippen molar-refractivity contribution in [3.8, 4) is 0 Å². The number of benzene rings is 1. The van der Waals surface area contributed by atoms with E-state index in [1.165, 1.54) is 16.8 Å². The first kappa shape index (κ1) is 14.5. The van der Waals surface area contributed by atoms with Crippen molar-refractivity contribution in [1.82, 2.24) is 10.3 Å². The van der Waals surface area contributed by atoms with Gasteiger partial charge in [-0.1, -0.05) is 18.2 Å². The summed E-state index contributed by atoms with van der Waals surface area (Å²) in [6, 6.07) is 12.8. The van der Waals surface area contributed by atoms with Gasteiger partial charge in [0.05, 0.1) is 12.2 Å². The quantitative estimate of drug-likeness (QED) is 0.904. The number of anilines is 1. The lowest BCUT2D eigenvalue weighted by atomic mass is 10.1. The number of rotatable bonds is 5. The van der Waals surface area contributed by atoms with Gasteiger partial charge in [-0.15, -0.1) is 0 Å². The van der Waals surface area contributed by atoms with Crippen LogP contribution in [-0.2, 0) is 13.1 Å². The average molecular weight is 269 g/mol. The maximum Gasteiger partial charge on any atom is 0.0600 e. The van der Waals surface area contributed by atoms with Crippen LogP contribution in [0, 0.1) is 13.8 Å². The Labute approximate surface area is 121 Å². The molecule has 2 rings (SSSR count). The first-order chi connectivity index (χ1) is 9.60. The maximum absolute atomic E-state index is 4.56. The van der Waals surface area contributed by atoms with E-state index in [-0.39, 0.29) is 0 Å². The van der Waals surface area contributed by atoms with E-state index in [2.05, 4.69) is 59.5 Å². The summed E-state index contributed by atoms with van der Waals surface area (Å²) in [7, 11) is 4.09. The monoisotopic (exact) mass is 269 g/mol. The second kappa shape index (κ2) is 6.53. The van der Waals surface area contributed by atoms with Crippen LogP contribution in [0.15, 0.2) is 36.4 Å². The average Bonchev–Trinajstić information content (AvgIpc) is 2.39. The van der Waals surface area contributed by atoms with Crippen molar-refractivity contribution < 1.29 is 0 Å². The molecule has 2 aromatic rings. The molecule has 20 heavy (non-hydrogen) atoms. The van der Waals surface area contributed by atoms with Gasteiger partial charge in [-0.25, -0.2) is 0 Å². The molecule has 0 fully saturated rings. The fraction of sp³-hybridized carbons (Fsp3) is 0.353. The fourth-order valence-electron chi connectivity index (χ4n) is 2.48. The summed E-state index contributed by atoms with van der Waals surface area (Å²) in [4.78, 5) is 6.81. The van der Waals surface area contributed by atoms with E-state index >= 15 is 0 Å². The highest BCUT2D eigenvalue weighted by atomic mass is 15.1. The number of aryl methyl sites for hydroxylation is 2. The third-order valence-corrected chi connectivity index (χ3v) is 3.40. The summed E-state index contributed by atoms with van der Waals surface area (Å²) in [5, 5.41) is 3.18. The van der Waals surface area contributed by atoms with Gasteiger partial charge in [0.2, 0.25) is 0 Å². The van der Waals surface area contributed by atoms with E-state index < -0.39 is 0 Å². The van der Waals surface area contributed by atoms with Crippen LogP contribution in [-0.4, -0.2) is 19.1 Å². The van der Waals surface area contributed by atoms with E-state index in [4.69, 9.17) is 0 Å². The summed E-state index contributed by atoms with van der Waals surface area (Å²) in [6.07, 6.45) is 0. The van der Waals surface area contributed by atoms with Crippen LogP contribution in [0.5, 0.6) is 0 Å². The molecule has 0 amide bonds. The van der Waals surface area contributed by atoms with Crippen LogP contribution in [0.3, 0.4) is 0 Å². The molecule has 3 heteroatoms. The Morgan fingerprint density at radius 2 is 1.95 bits per heavy atom. The SMILES string of the molecule is CNCc1ccc(N(C)Cc2cccc(C)n2)c(C)c1. The lowest BCUT2D eigenvalue weighted by Gasteiger charge is -2.22. The second-order valence-corrected chi connectivity index (χ2v) is 5.28. The Kier molecular flexibility index (Phi) is 4.74. The topological polar surface area (TPSA) is 28.2 Å². The molecule has 3 nitrogen and oxygen atoms in total. The minimum absolute atomic E-state index is 0.827. The van der Waals surface area contributed by atoms with Gasteiger partial charge in [-0.3, -0.25) is 4.98 Å². The van der Waals surface area contributed by atoms with Crippen LogP contribution in [0.25, 0.3) is 0 Å². The second-order valence-electron chi connectivity index (χ2n) is 5.28. The Morgan fingerprint density at radius 1 is 1.15 bits per heavy atom. The van der Waals surface area contributed by atoms with Crippen molar-refractivity contribution in [2.75, 3.05) is 19.0 Å². The van der Waals surface area contributed by atoms with E-state index in [1.807, 2.05) is 20.0 Å². The highest BCUT2D eigenvalue weighted by Gasteiger charge is 2.07. The van der Waals surface area contributed by atoms with Gasteiger partial charge in [0, 0.05) is 25.0 Å². The molecule has 0 atom stereocenters.